The minimum atomic E-state index is -0.239. The van der Waals surface area contributed by atoms with Gasteiger partial charge in [-0.25, -0.2) is 4.39 Å². The van der Waals surface area contributed by atoms with E-state index >= 15 is 0 Å². The highest BCUT2D eigenvalue weighted by Crippen LogP contribution is 2.21. The average Bonchev–Trinajstić information content (AvgIpc) is 2.65. The molecule has 0 unspecified atom stereocenters. The zero-order valence-electron chi connectivity index (χ0n) is 16.2. The molecule has 1 aliphatic heterocycles. The molecule has 0 spiro atoms. The van der Waals surface area contributed by atoms with Crippen LogP contribution in [0.1, 0.15) is 12.5 Å². The summed E-state index contributed by atoms with van der Waals surface area (Å²) in [6, 6.07) is 11.9. The van der Waals surface area contributed by atoms with E-state index in [4.69, 9.17) is 0 Å². The van der Waals surface area contributed by atoms with Crippen molar-refractivity contribution in [3.05, 3.63) is 53.8 Å². The summed E-state index contributed by atoms with van der Waals surface area (Å²) in [5.41, 5.74) is 3.28. The van der Waals surface area contributed by atoms with Crippen molar-refractivity contribution in [2.45, 2.75) is 13.8 Å². The highest BCUT2D eigenvalue weighted by atomic mass is 19.1. The third-order valence-electron chi connectivity index (χ3n) is 4.76. The van der Waals surface area contributed by atoms with E-state index in [2.05, 4.69) is 20.4 Å². The first-order valence-corrected chi connectivity index (χ1v) is 9.31. The summed E-state index contributed by atoms with van der Waals surface area (Å²) in [4.78, 5) is 28.0. The first-order chi connectivity index (χ1) is 13.4. The number of hydrogen-bond donors (Lipinski definition) is 2. The number of piperazine rings is 1. The second-order valence-electron chi connectivity index (χ2n) is 7.00. The number of rotatable bonds is 5. The Labute approximate surface area is 164 Å². The van der Waals surface area contributed by atoms with Gasteiger partial charge in [0.05, 0.1) is 6.54 Å². The number of nitrogens with one attached hydrogen (secondary N) is 2. The Balaban J connectivity index is 1.51. The minimum Gasteiger partial charge on any atom is -0.369 e. The van der Waals surface area contributed by atoms with Crippen molar-refractivity contribution in [1.82, 2.24) is 4.90 Å². The molecule has 2 aromatic carbocycles. The topological polar surface area (TPSA) is 64.7 Å². The van der Waals surface area contributed by atoms with E-state index in [1.807, 2.05) is 19.1 Å². The van der Waals surface area contributed by atoms with E-state index in [0.29, 0.717) is 17.9 Å². The monoisotopic (exact) mass is 384 g/mol. The van der Waals surface area contributed by atoms with E-state index < -0.39 is 0 Å². The van der Waals surface area contributed by atoms with Crippen LogP contribution >= 0.6 is 0 Å². The Kier molecular flexibility index (Phi) is 6.26. The minimum absolute atomic E-state index is 0.0899. The predicted molar refractivity (Wildman–Crippen MR) is 109 cm³/mol. The van der Waals surface area contributed by atoms with Gasteiger partial charge in [-0.3, -0.25) is 14.5 Å². The summed E-state index contributed by atoms with van der Waals surface area (Å²) >= 11 is 0. The van der Waals surface area contributed by atoms with E-state index in [0.717, 1.165) is 37.4 Å². The van der Waals surface area contributed by atoms with Gasteiger partial charge in [-0.05, 0) is 48.9 Å². The second kappa shape index (κ2) is 8.84. The molecular formula is C21H25FN4O2. The molecule has 0 aliphatic carbocycles. The third-order valence-corrected chi connectivity index (χ3v) is 4.76. The second-order valence-corrected chi connectivity index (χ2v) is 7.00. The number of carbonyl (C=O) groups is 2. The van der Waals surface area contributed by atoms with Crippen molar-refractivity contribution in [3.8, 4) is 0 Å². The summed E-state index contributed by atoms with van der Waals surface area (Å²) in [6.07, 6.45) is 0. The molecule has 6 nitrogen and oxygen atoms in total. The van der Waals surface area contributed by atoms with Gasteiger partial charge in [0.25, 0.3) is 0 Å². The first kappa shape index (κ1) is 19.8. The summed E-state index contributed by atoms with van der Waals surface area (Å²) < 4.78 is 13.1. The molecule has 0 bridgehead atoms. The number of amides is 2. The zero-order valence-corrected chi connectivity index (χ0v) is 16.2. The molecule has 0 atom stereocenters. The van der Waals surface area contributed by atoms with E-state index in [1.54, 1.807) is 18.2 Å². The summed E-state index contributed by atoms with van der Waals surface area (Å²) in [5, 5.41) is 5.65. The molecule has 1 aliphatic rings. The fourth-order valence-electron chi connectivity index (χ4n) is 3.24. The molecular weight excluding hydrogens is 359 g/mol. The lowest BCUT2D eigenvalue weighted by atomic mass is 10.1. The van der Waals surface area contributed by atoms with Crippen molar-refractivity contribution in [2.24, 2.45) is 0 Å². The van der Waals surface area contributed by atoms with Gasteiger partial charge in [-0.1, -0.05) is 6.07 Å². The van der Waals surface area contributed by atoms with Crippen LogP contribution in [0.25, 0.3) is 0 Å². The molecule has 1 saturated heterocycles. The highest BCUT2D eigenvalue weighted by Gasteiger charge is 2.19. The van der Waals surface area contributed by atoms with Gasteiger partial charge in [-0.2, -0.15) is 0 Å². The Bertz CT molecular complexity index is 846. The number of anilines is 3. The number of aryl methyl sites for hydroxylation is 1. The number of hydrogen-bond acceptors (Lipinski definition) is 4. The molecule has 2 amide bonds. The summed E-state index contributed by atoms with van der Waals surface area (Å²) in [7, 11) is 0. The van der Waals surface area contributed by atoms with Gasteiger partial charge >= 0.3 is 0 Å². The number of carbonyl (C=O) groups excluding carboxylic acids is 2. The van der Waals surface area contributed by atoms with Crippen molar-refractivity contribution in [1.29, 1.82) is 0 Å². The maximum absolute atomic E-state index is 13.1. The lowest BCUT2D eigenvalue weighted by Crippen LogP contribution is -2.48. The van der Waals surface area contributed by atoms with Crippen LogP contribution in [0.15, 0.2) is 42.5 Å². The maximum Gasteiger partial charge on any atom is 0.238 e. The van der Waals surface area contributed by atoms with Crippen LogP contribution in [0.3, 0.4) is 0 Å². The smallest absolute Gasteiger partial charge is 0.238 e. The Morgan fingerprint density at radius 2 is 1.68 bits per heavy atom. The molecule has 1 heterocycles. The Morgan fingerprint density at radius 1 is 1.00 bits per heavy atom. The van der Waals surface area contributed by atoms with Gasteiger partial charge in [0.15, 0.2) is 0 Å². The average molecular weight is 384 g/mol. The Morgan fingerprint density at radius 3 is 2.32 bits per heavy atom. The number of nitrogens with zero attached hydrogens (tertiary/aromatic N) is 2. The lowest BCUT2D eigenvalue weighted by Gasteiger charge is -2.35. The molecule has 1 fully saturated rings. The van der Waals surface area contributed by atoms with Gasteiger partial charge in [-0.15, -0.1) is 0 Å². The molecule has 2 aromatic rings. The molecule has 7 heteroatoms. The standard InChI is InChI=1S/C21H25FN4O2/c1-15-3-6-18(13-20(15)23-16(2)27)24-21(28)14-25-9-11-26(12-10-25)19-7-4-17(22)5-8-19/h3-8,13H,9-12,14H2,1-2H3,(H,23,27)(H,24,28). The largest absolute Gasteiger partial charge is 0.369 e. The molecule has 0 aromatic heterocycles. The van der Waals surface area contributed by atoms with E-state index in [-0.39, 0.29) is 17.6 Å². The molecule has 2 N–H and O–H groups in total. The van der Waals surface area contributed by atoms with Crippen LogP contribution in [0.2, 0.25) is 0 Å². The van der Waals surface area contributed by atoms with Crippen molar-refractivity contribution < 1.29 is 14.0 Å². The molecule has 28 heavy (non-hydrogen) atoms. The summed E-state index contributed by atoms with van der Waals surface area (Å²) in [5.74, 6) is -0.477. The molecule has 3 rings (SSSR count). The fraction of sp³-hybridized carbons (Fsp3) is 0.333. The lowest BCUT2D eigenvalue weighted by molar-refractivity contribution is -0.117. The zero-order chi connectivity index (χ0) is 20.1. The van der Waals surface area contributed by atoms with Gasteiger partial charge in [0, 0.05) is 50.2 Å². The quantitative estimate of drug-likeness (QED) is 0.832. The van der Waals surface area contributed by atoms with E-state index in [9.17, 15) is 14.0 Å². The van der Waals surface area contributed by atoms with Gasteiger partial charge < -0.3 is 15.5 Å². The third kappa shape index (κ3) is 5.29. The van der Waals surface area contributed by atoms with Crippen LogP contribution in [0.5, 0.6) is 0 Å². The maximum atomic E-state index is 13.1. The van der Waals surface area contributed by atoms with Gasteiger partial charge in [0.2, 0.25) is 11.8 Å². The van der Waals surface area contributed by atoms with Crippen LogP contribution in [0.4, 0.5) is 21.5 Å². The van der Waals surface area contributed by atoms with Crippen LogP contribution < -0.4 is 15.5 Å². The van der Waals surface area contributed by atoms with Crippen molar-refractivity contribution >= 4 is 28.9 Å². The number of benzene rings is 2. The van der Waals surface area contributed by atoms with Gasteiger partial charge in [0.1, 0.15) is 5.82 Å². The van der Waals surface area contributed by atoms with Crippen LogP contribution in [0, 0.1) is 12.7 Å². The summed E-state index contributed by atoms with van der Waals surface area (Å²) in [6.45, 7) is 6.76. The molecule has 0 saturated carbocycles. The van der Waals surface area contributed by atoms with Crippen LogP contribution in [-0.4, -0.2) is 49.4 Å². The fourth-order valence-corrected chi connectivity index (χ4v) is 3.24. The normalized spacial score (nSPS) is 14.6. The first-order valence-electron chi connectivity index (χ1n) is 9.31. The molecule has 0 radical (unpaired) electrons. The number of halogens is 1. The van der Waals surface area contributed by atoms with E-state index in [1.165, 1.54) is 19.1 Å². The predicted octanol–water partition coefficient (Wildman–Crippen LogP) is 2.85. The highest BCUT2D eigenvalue weighted by molar-refractivity contribution is 5.94. The Hall–Kier alpha value is -2.93. The van der Waals surface area contributed by atoms with Crippen LogP contribution in [-0.2, 0) is 9.59 Å². The SMILES string of the molecule is CC(=O)Nc1cc(NC(=O)CN2CCN(c3ccc(F)cc3)CC2)ccc1C. The molecule has 148 valence electrons. The van der Waals surface area contributed by atoms with Crippen molar-refractivity contribution in [3.63, 3.8) is 0 Å². The van der Waals surface area contributed by atoms with Crippen molar-refractivity contribution in [2.75, 3.05) is 48.3 Å².